The number of para-hydroxylation sites is 1. The summed E-state index contributed by atoms with van der Waals surface area (Å²) >= 11 is 0. The predicted octanol–water partition coefficient (Wildman–Crippen LogP) is 1.18. The van der Waals surface area contributed by atoms with Crippen molar-refractivity contribution in [3.8, 4) is 0 Å². The van der Waals surface area contributed by atoms with Gasteiger partial charge in [0.05, 0.1) is 6.54 Å². The standard InChI is InChI=1S/C20H22N4O3/c21-19(26)15-5-4-6-16(13-15)20(27)24-11-9-23(10-12-24)14-18(25)22-17-7-2-1-3-8-17/h1-8,13H,9-12,14H2,(H2,21,26)(H,22,25). The molecule has 1 fully saturated rings. The van der Waals surface area contributed by atoms with Gasteiger partial charge in [-0.25, -0.2) is 0 Å². The normalized spacial score (nSPS) is 14.6. The van der Waals surface area contributed by atoms with Crippen molar-refractivity contribution >= 4 is 23.4 Å². The first kappa shape index (κ1) is 18.6. The van der Waals surface area contributed by atoms with Gasteiger partial charge in [-0.2, -0.15) is 0 Å². The number of carbonyl (C=O) groups is 3. The van der Waals surface area contributed by atoms with Crippen molar-refractivity contribution in [2.75, 3.05) is 38.0 Å². The lowest BCUT2D eigenvalue weighted by molar-refractivity contribution is -0.117. The van der Waals surface area contributed by atoms with Gasteiger partial charge in [0.15, 0.2) is 0 Å². The number of benzene rings is 2. The van der Waals surface area contributed by atoms with Gasteiger partial charge in [0.1, 0.15) is 0 Å². The van der Waals surface area contributed by atoms with Crippen LogP contribution in [0.15, 0.2) is 54.6 Å². The second-order valence-electron chi connectivity index (χ2n) is 6.43. The van der Waals surface area contributed by atoms with Crippen molar-refractivity contribution < 1.29 is 14.4 Å². The summed E-state index contributed by atoms with van der Waals surface area (Å²) in [7, 11) is 0. The lowest BCUT2D eigenvalue weighted by Crippen LogP contribution is -2.50. The highest BCUT2D eigenvalue weighted by Crippen LogP contribution is 2.11. The second-order valence-corrected chi connectivity index (χ2v) is 6.43. The minimum Gasteiger partial charge on any atom is -0.366 e. The number of nitrogens with two attached hydrogens (primary N) is 1. The van der Waals surface area contributed by atoms with Crippen LogP contribution in [0.1, 0.15) is 20.7 Å². The number of amides is 3. The van der Waals surface area contributed by atoms with Crippen molar-refractivity contribution in [3.05, 3.63) is 65.7 Å². The topological polar surface area (TPSA) is 95.7 Å². The Morgan fingerprint density at radius 1 is 0.889 bits per heavy atom. The van der Waals surface area contributed by atoms with Crippen LogP contribution >= 0.6 is 0 Å². The van der Waals surface area contributed by atoms with Crippen molar-refractivity contribution in [2.24, 2.45) is 5.73 Å². The second kappa shape index (κ2) is 8.46. The van der Waals surface area contributed by atoms with Gasteiger partial charge in [-0.3, -0.25) is 19.3 Å². The minimum atomic E-state index is -0.557. The van der Waals surface area contributed by atoms with E-state index in [1.807, 2.05) is 35.2 Å². The molecule has 0 saturated carbocycles. The summed E-state index contributed by atoms with van der Waals surface area (Å²) in [5.74, 6) is -0.763. The lowest BCUT2D eigenvalue weighted by atomic mass is 10.1. The molecule has 7 heteroatoms. The zero-order valence-corrected chi connectivity index (χ0v) is 14.9. The first-order valence-corrected chi connectivity index (χ1v) is 8.79. The Balaban J connectivity index is 1.51. The molecule has 2 aromatic carbocycles. The maximum absolute atomic E-state index is 12.6. The third-order valence-corrected chi connectivity index (χ3v) is 4.48. The van der Waals surface area contributed by atoms with Gasteiger partial charge in [0.2, 0.25) is 11.8 Å². The molecule has 1 aliphatic rings. The highest BCUT2D eigenvalue weighted by atomic mass is 16.2. The van der Waals surface area contributed by atoms with Crippen LogP contribution in [-0.4, -0.2) is 60.2 Å². The van der Waals surface area contributed by atoms with Gasteiger partial charge in [0.25, 0.3) is 5.91 Å². The molecule has 7 nitrogen and oxygen atoms in total. The quantitative estimate of drug-likeness (QED) is 0.831. The van der Waals surface area contributed by atoms with Crippen molar-refractivity contribution in [1.29, 1.82) is 0 Å². The highest BCUT2D eigenvalue weighted by molar-refractivity contribution is 5.99. The van der Waals surface area contributed by atoms with Crippen LogP contribution in [0.3, 0.4) is 0 Å². The monoisotopic (exact) mass is 366 g/mol. The number of hydrogen-bond donors (Lipinski definition) is 2. The first-order valence-electron chi connectivity index (χ1n) is 8.79. The van der Waals surface area contributed by atoms with Gasteiger partial charge >= 0.3 is 0 Å². The number of carbonyl (C=O) groups excluding carboxylic acids is 3. The number of rotatable bonds is 5. The van der Waals surface area contributed by atoms with Gasteiger partial charge in [-0.1, -0.05) is 24.3 Å². The molecule has 0 aromatic heterocycles. The van der Waals surface area contributed by atoms with Gasteiger partial charge in [-0.05, 0) is 30.3 Å². The van der Waals surface area contributed by atoms with E-state index in [0.717, 1.165) is 5.69 Å². The molecule has 1 aliphatic heterocycles. The Kier molecular flexibility index (Phi) is 5.83. The number of nitrogens with zero attached hydrogens (tertiary/aromatic N) is 2. The SMILES string of the molecule is NC(=O)c1cccc(C(=O)N2CCN(CC(=O)Nc3ccccc3)CC2)c1. The molecule has 2 aromatic rings. The number of nitrogens with one attached hydrogen (secondary N) is 1. The van der Waals surface area contributed by atoms with E-state index in [1.165, 1.54) is 6.07 Å². The molecule has 1 saturated heterocycles. The molecule has 3 rings (SSSR count). The van der Waals surface area contributed by atoms with Crippen LogP contribution < -0.4 is 11.1 Å². The molecule has 1 heterocycles. The molecular weight excluding hydrogens is 344 g/mol. The van der Waals surface area contributed by atoms with Crippen molar-refractivity contribution in [3.63, 3.8) is 0 Å². The number of piperazine rings is 1. The van der Waals surface area contributed by atoms with E-state index in [9.17, 15) is 14.4 Å². The van der Waals surface area contributed by atoms with Crippen LogP contribution in [0, 0.1) is 0 Å². The third kappa shape index (κ3) is 4.92. The fourth-order valence-corrected chi connectivity index (χ4v) is 3.02. The molecule has 0 spiro atoms. The van der Waals surface area contributed by atoms with Crippen LogP contribution in [-0.2, 0) is 4.79 Å². The fraction of sp³-hybridized carbons (Fsp3) is 0.250. The molecule has 140 valence electrons. The van der Waals surface area contributed by atoms with Crippen LogP contribution in [0.2, 0.25) is 0 Å². The molecular formula is C20H22N4O3. The average Bonchev–Trinajstić information content (AvgIpc) is 2.69. The van der Waals surface area contributed by atoms with Crippen LogP contribution in [0.5, 0.6) is 0 Å². The largest absolute Gasteiger partial charge is 0.366 e. The predicted molar refractivity (Wildman–Crippen MR) is 102 cm³/mol. The fourth-order valence-electron chi connectivity index (χ4n) is 3.02. The Morgan fingerprint density at radius 2 is 1.56 bits per heavy atom. The minimum absolute atomic E-state index is 0.0739. The summed E-state index contributed by atoms with van der Waals surface area (Å²) in [5, 5.41) is 2.86. The summed E-state index contributed by atoms with van der Waals surface area (Å²) in [6, 6.07) is 15.7. The van der Waals surface area contributed by atoms with E-state index < -0.39 is 5.91 Å². The van der Waals surface area contributed by atoms with E-state index in [-0.39, 0.29) is 18.4 Å². The maximum Gasteiger partial charge on any atom is 0.253 e. The Labute approximate surface area is 157 Å². The van der Waals surface area contributed by atoms with Gasteiger partial charge in [0, 0.05) is 43.0 Å². The molecule has 3 amide bonds. The summed E-state index contributed by atoms with van der Waals surface area (Å²) < 4.78 is 0. The zero-order valence-electron chi connectivity index (χ0n) is 14.9. The van der Waals surface area contributed by atoms with Crippen LogP contribution in [0.25, 0.3) is 0 Å². The van der Waals surface area contributed by atoms with E-state index in [0.29, 0.717) is 37.3 Å². The molecule has 27 heavy (non-hydrogen) atoms. The third-order valence-electron chi connectivity index (χ3n) is 4.48. The number of primary amides is 1. The van der Waals surface area contributed by atoms with Crippen molar-refractivity contribution in [1.82, 2.24) is 9.80 Å². The summed E-state index contributed by atoms with van der Waals surface area (Å²) in [5.41, 5.74) is 6.80. The lowest BCUT2D eigenvalue weighted by Gasteiger charge is -2.34. The summed E-state index contributed by atoms with van der Waals surface area (Å²) in [4.78, 5) is 39.8. The smallest absolute Gasteiger partial charge is 0.253 e. The Morgan fingerprint density at radius 3 is 2.22 bits per heavy atom. The summed E-state index contributed by atoms with van der Waals surface area (Å²) in [6.45, 7) is 2.57. The molecule has 0 unspecified atom stereocenters. The Bertz CT molecular complexity index is 830. The maximum atomic E-state index is 12.6. The molecule has 0 aliphatic carbocycles. The number of hydrogen-bond acceptors (Lipinski definition) is 4. The molecule has 0 radical (unpaired) electrons. The number of anilines is 1. The molecule has 3 N–H and O–H groups in total. The Hall–Kier alpha value is -3.19. The van der Waals surface area contributed by atoms with Gasteiger partial charge < -0.3 is 16.0 Å². The van der Waals surface area contributed by atoms with Gasteiger partial charge in [-0.15, -0.1) is 0 Å². The van der Waals surface area contributed by atoms with E-state index >= 15 is 0 Å². The molecule has 0 bridgehead atoms. The van der Waals surface area contributed by atoms with E-state index in [4.69, 9.17) is 5.73 Å². The highest BCUT2D eigenvalue weighted by Gasteiger charge is 2.23. The van der Waals surface area contributed by atoms with Crippen molar-refractivity contribution in [2.45, 2.75) is 0 Å². The van der Waals surface area contributed by atoms with E-state index in [1.54, 1.807) is 23.1 Å². The first-order chi connectivity index (χ1) is 13.0. The average molecular weight is 366 g/mol. The zero-order chi connectivity index (χ0) is 19.2. The van der Waals surface area contributed by atoms with E-state index in [2.05, 4.69) is 5.32 Å². The summed E-state index contributed by atoms with van der Waals surface area (Å²) in [6.07, 6.45) is 0. The molecule has 0 atom stereocenters. The van der Waals surface area contributed by atoms with Crippen LogP contribution in [0.4, 0.5) is 5.69 Å².